The highest BCUT2D eigenvalue weighted by Crippen LogP contribution is 2.26. The van der Waals surface area contributed by atoms with Gasteiger partial charge in [-0.05, 0) is 43.1 Å². The van der Waals surface area contributed by atoms with E-state index >= 15 is 0 Å². The average Bonchev–Trinajstić information content (AvgIpc) is 2.45. The molecule has 0 radical (unpaired) electrons. The number of aromatic nitrogens is 1. The summed E-state index contributed by atoms with van der Waals surface area (Å²) in [5.74, 6) is 0.527. The van der Waals surface area contributed by atoms with Crippen molar-refractivity contribution in [3.8, 4) is 0 Å². The summed E-state index contributed by atoms with van der Waals surface area (Å²) in [6.07, 6.45) is 2.88. The lowest BCUT2D eigenvalue weighted by Crippen LogP contribution is -2.24. The molecule has 2 aromatic rings. The van der Waals surface area contributed by atoms with Crippen LogP contribution in [0.25, 0.3) is 10.9 Å². The van der Waals surface area contributed by atoms with Crippen molar-refractivity contribution < 1.29 is 4.74 Å². The van der Waals surface area contributed by atoms with Gasteiger partial charge >= 0.3 is 0 Å². The van der Waals surface area contributed by atoms with Gasteiger partial charge in [-0.15, -0.1) is 0 Å². The molecule has 19 heavy (non-hydrogen) atoms. The summed E-state index contributed by atoms with van der Waals surface area (Å²) in [4.78, 5) is 4.36. The van der Waals surface area contributed by atoms with Gasteiger partial charge in [-0.3, -0.25) is 4.98 Å². The van der Waals surface area contributed by atoms with E-state index in [1.54, 1.807) is 7.11 Å². The molecule has 0 spiro atoms. The van der Waals surface area contributed by atoms with E-state index in [2.05, 4.69) is 41.5 Å². The topological polar surface area (TPSA) is 34.2 Å². The molecule has 0 aliphatic heterocycles. The SMILES string of the molecule is CNC(c1ccc2ncccc2c1)C(C)CCOC. The number of nitrogens with zero attached hydrogens (tertiary/aromatic N) is 1. The van der Waals surface area contributed by atoms with Crippen LogP contribution in [0.5, 0.6) is 0 Å². The molecule has 102 valence electrons. The van der Waals surface area contributed by atoms with E-state index in [0.29, 0.717) is 12.0 Å². The van der Waals surface area contributed by atoms with Crippen LogP contribution in [0.4, 0.5) is 0 Å². The van der Waals surface area contributed by atoms with Gasteiger partial charge in [-0.25, -0.2) is 0 Å². The molecule has 1 aromatic carbocycles. The van der Waals surface area contributed by atoms with E-state index in [1.165, 1.54) is 10.9 Å². The molecule has 2 rings (SSSR count). The molecule has 3 nitrogen and oxygen atoms in total. The Morgan fingerprint density at radius 1 is 1.32 bits per heavy atom. The molecule has 0 amide bonds. The van der Waals surface area contributed by atoms with Crippen molar-refractivity contribution >= 4 is 10.9 Å². The number of ether oxygens (including phenoxy) is 1. The zero-order valence-electron chi connectivity index (χ0n) is 11.9. The van der Waals surface area contributed by atoms with Crippen LogP contribution in [0.2, 0.25) is 0 Å². The first kappa shape index (κ1) is 14.0. The fraction of sp³-hybridized carbons (Fsp3) is 0.438. The third-order valence-electron chi connectivity index (χ3n) is 3.64. The van der Waals surface area contributed by atoms with Gasteiger partial charge in [-0.1, -0.05) is 19.1 Å². The zero-order chi connectivity index (χ0) is 13.7. The summed E-state index contributed by atoms with van der Waals surface area (Å²) in [5.41, 5.74) is 2.36. The van der Waals surface area contributed by atoms with Crippen molar-refractivity contribution in [2.75, 3.05) is 20.8 Å². The van der Waals surface area contributed by atoms with E-state index in [1.807, 2.05) is 19.3 Å². The molecular weight excluding hydrogens is 236 g/mol. The average molecular weight is 258 g/mol. The van der Waals surface area contributed by atoms with Crippen molar-refractivity contribution in [2.45, 2.75) is 19.4 Å². The molecule has 1 aromatic heterocycles. The van der Waals surface area contributed by atoms with E-state index < -0.39 is 0 Å². The molecule has 2 unspecified atom stereocenters. The summed E-state index contributed by atoms with van der Waals surface area (Å²) in [6, 6.07) is 10.9. The highest BCUT2D eigenvalue weighted by atomic mass is 16.5. The van der Waals surface area contributed by atoms with Crippen molar-refractivity contribution in [1.29, 1.82) is 0 Å². The van der Waals surface area contributed by atoms with E-state index in [0.717, 1.165) is 18.5 Å². The molecule has 0 fully saturated rings. The molecule has 0 aliphatic carbocycles. The van der Waals surface area contributed by atoms with Crippen LogP contribution in [0.3, 0.4) is 0 Å². The molecule has 2 atom stereocenters. The smallest absolute Gasteiger partial charge is 0.0702 e. The molecule has 3 heteroatoms. The fourth-order valence-electron chi connectivity index (χ4n) is 2.54. The number of fused-ring (bicyclic) bond motifs is 1. The second kappa shape index (κ2) is 6.64. The van der Waals surface area contributed by atoms with Crippen LogP contribution in [0, 0.1) is 5.92 Å². The second-order valence-corrected chi connectivity index (χ2v) is 4.98. The first-order chi connectivity index (χ1) is 9.26. The van der Waals surface area contributed by atoms with E-state index in [-0.39, 0.29) is 0 Å². The van der Waals surface area contributed by atoms with Crippen LogP contribution < -0.4 is 5.32 Å². The first-order valence-corrected chi connectivity index (χ1v) is 6.77. The Morgan fingerprint density at radius 2 is 2.16 bits per heavy atom. The number of pyridine rings is 1. The Kier molecular flexibility index (Phi) is 4.88. The predicted octanol–water partition coefficient (Wildman–Crippen LogP) is 3.17. The molecule has 1 heterocycles. The summed E-state index contributed by atoms with van der Waals surface area (Å²) in [5, 5.41) is 4.61. The Morgan fingerprint density at radius 3 is 2.89 bits per heavy atom. The van der Waals surface area contributed by atoms with E-state index in [4.69, 9.17) is 4.74 Å². The standard InChI is InChI=1S/C16H22N2O/c1-12(8-10-19-3)16(17-2)14-6-7-15-13(11-14)5-4-9-18-15/h4-7,9,11-12,16-17H,8,10H2,1-3H3. The minimum atomic E-state index is 0.347. The molecule has 0 aliphatic rings. The number of hydrogen-bond acceptors (Lipinski definition) is 3. The third-order valence-corrected chi connectivity index (χ3v) is 3.64. The minimum absolute atomic E-state index is 0.347. The van der Waals surface area contributed by atoms with Crippen LogP contribution in [-0.2, 0) is 4.74 Å². The summed E-state index contributed by atoms with van der Waals surface area (Å²) >= 11 is 0. The zero-order valence-corrected chi connectivity index (χ0v) is 11.9. The van der Waals surface area contributed by atoms with Gasteiger partial charge in [0, 0.05) is 31.3 Å². The Bertz CT molecular complexity index is 527. The normalized spacial score (nSPS) is 14.5. The Labute approximate surface area is 115 Å². The largest absolute Gasteiger partial charge is 0.385 e. The molecule has 0 saturated heterocycles. The van der Waals surface area contributed by atoms with Gasteiger partial charge < -0.3 is 10.1 Å². The van der Waals surface area contributed by atoms with Gasteiger partial charge in [-0.2, -0.15) is 0 Å². The number of nitrogens with one attached hydrogen (secondary N) is 1. The first-order valence-electron chi connectivity index (χ1n) is 6.77. The molecular formula is C16H22N2O. The third kappa shape index (κ3) is 3.31. The lowest BCUT2D eigenvalue weighted by molar-refractivity contribution is 0.171. The lowest BCUT2D eigenvalue weighted by Gasteiger charge is -2.24. The van der Waals surface area contributed by atoms with Crippen LogP contribution in [-0.4, -0.2) is 25.7 Å². The Hall–Kier alpha value is -1.45. The summed E-state index contributed by atoms with van der Waals surface area (Å²) in [6.45, 7) is 3.06. The Balaban J connectivity index is 2.24. The molecule has 0 bridgehead atoms. The summed E-state index contributed by atoms with van der Waals surface area (Å²) < 4.78 is 5.18. The van der Waals surface area contributed by atoms with Crippen LogP contribution in [0.1, 0.15) is 24.9 Å². The molecule has 0 saturated carbocycles. The van der Waals surface area contributed by atoms with Crippen molar-refractivity contribution in [3.63, 3.8) is 0 Å². The summed E-state index contributed by atoms with van der Waals surface area (Å²) in [7, 11) is 3.77. The number of benzene rings is 1. The van der Waals surface area contributed by atoms with Crippen LogP contribution >= 0.6 is 0 Å². The maximum atomic E-state index is 5.18. The predicted molar refractivity (Wildman–Crippen MR) is 79.2 cm³/mol. The van der Waals surface area contributed by atoms with Gasteiger partial charge in [0.2, 0.25) is 0 Å². The van der Waals surface area contributed by atoms with Crippen molar-refractivity contribution in [1.82, 2.24) is 10.3 Å². The number of methoxy groups -OCH3 is 1. The minimum Gasteiger partial charge on any atom is -0.385 e. The monoisotopic (exact) mass is 258 g/mol. The maximum Gasteiger partial charge on any atom is 0.0702 e. The highest BCUT2D eigenvalue weighted by Gasteiger charge is 2.17. The number of rotatable bonds is 6. The van der Waals surface area contributed by atoms with Crippen molar-refractivity contribution in [2.24, 2.45) is 5.92 Å². The quantitative estimate of drug-likeness (QED) is 0.864. The lowest BCUT2D eigenvalue weighted by atomic mass is 9.91. The second-order valence-electron chi connectivity index (χ2n) is 4.98. The van der Waals surface area contributed by atoms with Gasteiger partial charge in [0.15, 0.2) is 0 Å². The highest BCUT2D eigenvalue weighted by molar-refractivity contribution is 5.79. The van der Waals surface area contributed by atoms with E-state index in [9.17, 15) is 0 Å². The fourth-order valence-corrected chi connectivity index (χ4v) is 2.54. The van der Waals surface area contributed by atoms with Gasteiger partial charge in [0.1, 0.15) is 0 Å². The number of hydrogen-bond donors (Lipinski definition) is 1. The van der Waals surface area contributed by atoms with Gasteiger partial charge in [0.05, 0.1) is 5.52 Å². The molecule has 1 N–H and O–H groups in total. The van der Waals surface area contributed by atoms with Crippen LogP contribution in [0.15, 0.2) is 36.5 Å². The van der Waals surface area contributed by atoms with Crippen molar-refractivity contribution in [3.05, 3.63) is 42.1 Å². The maximum absolute atomic E-state index is 5.18. The van der Waals surface area contributed by atoms with Gasteiger partial charge in [0.25, 0.3) is 0 Å².